The van der Waals surface area contributed by atoms with Crippen LogP contribution in [0.5, 0.6) is 0 Å². The molecule has 0 aromatic heterocycles. The zero-order chi connectivity index (χ0) is 15.7. The van der Waals surface area contributed by atoms with Gasteiger partial charge in [0.2, 0.25) is 0 Å². The van der Waals surface area contributed by atoms with Crippen LogP contribution in [-0.4, -0.2) is 55.4 Å². The molecule has 2 fully saturated rings. The Morgan fingerprint density at radius 1 is 1.09 bits per heavy atom. The van der Waals surface area contributed by atoms with Crippen molar-refractivity contribution in [1.29, 1.82) is 0 Å². The van der Waals surface area contributed by atoms with Gasteiger partial charge in [0, 0.05) is 31.1 Å². The summed E-state index contributed by atoms with van der Waals surface area (Å²) in [7, 11) is -3.41. The molecule has 3 atom stereocenters. The Bertz CT molecular complexity index is 599. The van der Waals surface area contributed by atoms with Gasteiger partial charge in [-0.25, -0.2) is 0 Å². The molecule has 3 rings (SSSR count). The van der Waals surface area contributed by atoms with Crippen LogP contribution in [0.2, 0.25) is 0 Å². The van der Waals surface area contributed by atoms with E-state index in [0.717, 1.165) is 6.42 Å². The summed E-state index contributed by atoms with van der Waals surface area (Å²) in [5.41, 5.74) is 1.22. The van der Waals surface area contributed by atoms with Crippen LogP contribution >= 0.6 is 0 Å². The number of hydrogen-bond acceptors (Lipinski definition) is 3. The van der Waals surface area contributed by atoms with Crippen molar-refractivity contribution in [2.24, 2.45) is 0 Å². The second-order valence-electron chi connectivity index (χ2n) is 6.19. The fourth-order valence-electron chi connectivity index (χ4n) is 3.71. The topological polar surface area (TPSA) is 49.9 Å². The highest BCUT2D eigenvalue weighted by atomic mass is 32.2. The molecule has 0 spiro atoms. The molecular formula is C16H24N2O3S. The zero-order valence-electron chi connectivity index (χ0n) is 13.2. The molecule has 3 unspecified atom stereocenters. The van der Waals surface area contributed by atoms with Crippen LogP contribution in [0.3, 0.4) is 0 Å². The van der Waals surface area contributed by atoms with Crippen molar-refractivity contribution in [3.63, 3.8) is 0 Å². The molecule has 5 nitrogen and oxygen atoms in total. The molecule has 0 bridgehead atoms. The molecule has 2 aliphatic rings. The van der Waals surface area contributed by atoms with Gasteiger partial charge in [-0.05, 0) is 25.8 Å². The summed E-state index contributed by atoms with van der Waals surface area (Å²) in [5.74, 6) is 0.256. The van der Waals surface area contributed by atoms with Crippen molar-refractivity contribution in [1.82, 2.24) is 8.61 Å². The van der Waals surface area contributed by atoms with E-state index in [4.69, 9.17) is 4.74 Å². The van der Waals surface area contributed by atoms with E-state index in [1.807, 2.05) is 32.0 Å². The van der Waals surface area contributed by atoms with Gasteiger partial charge >= 0.3 is 0 Å². The Morgan fingerprint density at radius 2 is 1.73 bits per heavy atom. The van der Waals surface area contributed by atoms with Gasteiger partial charge in [0.15, 0.2) is 0 Å². The standard InChI is InChI=1S/C16H24N2O3S/c1-13-12-16(15-6-4-3-5-7-15)14(2)18(13)22(19,20)17-8-10-21-11-9-17/h3-7,13-14,16H,8-12H2,1-2H3. The fourth-order valence-corrected chi connectivity index (χ4v) is 5.70. The van der Waals surface area contributed by atoms with Gasteiger partial charge in [0.05, 0.1) is 13.2 Å². The highest BCUT2D eigenvalue weighted by Gasteiger charge is 2.45. The lowest BCUT2D eigenvalue weighted by Crippen LogP contribution is -2.51. The predicted octanol–water partition coefficient (Wildman–Crippen LogP) is 1.83. The van der Waals surface area contributed by atoms with Crippen LogP contribution < -0.4 is 0 Å². The molecule has 1 aromatic carbocycles. The van der Waals surface area contributed by atoms with E-state index in [9.17, 15) is 8.42 Å². The Morgan fingerprint density at radius 3 is 2.36 bits per heavy atom. The van der Waals surface area contributed by atoms with Crippen molar-refractivity contribution < 1.29 is 13.2 Å². The Labute approximate surface area is 133 Å². The number of hydrogen-bond donors (Lipinski definition) is 0. The lowest BCUT2D eigenvalue weighted by molar-refractivity contribution is 0.0692. The van der Waals surface area contributed by atoms with Crippen LogP contribution in [0.4, 0.5) is 0 Å². The summed E-state index contributed by atoms with van der Waals surface area (Å²) in [5, 5.41) is 0. The number of nitrogens with zero attached hydrogens (tertiary/aromatic N) is 2. The third-order valence-corrected chi connectivity index (χ3v) is 7.05. The van der Waals surface area contributed by atoms with Crippen LogP contribution in [-0.2, 0) is 14.9 Å². The van der Waals surface area contributed by atoms with E-state index in [1.165, 1.54) is 5.56 Å². The molecular weight excluding hydrogens is 300 g/mol. The van der Waals surface area contributed by atoms with E-state index in [0.29, 0.717) is 26.3 Å². The first-order chi connectivity index (χ1) is 10.5. The van der Waals surface area contributed by atoms with Gasteiger partial charge < -0.3 is 4.74 Å². The highest BCUT2D eigenvalue weighted by molar-refractivity contribution is 7.86. The molecule has 0 amide bonds. The molecule has 2 aliphatic heterocycles. The first kappa shape index (κ1) is 15.9. The van der Waals surface area contributed by atoms with Crippen molar-refractivity contribution in [2.45, 2.75) is 38.3 Å². The average molecular weight is 324 g/mol. The van der Waals surface area contributed by atoms with Gasteiger partial charge in [-0.3, -0.25) is 0 Å². The summed E-state index contributed by atoms with van der Waals surface area (Å²) in [6.07, 6.45) is 0.870. The van der Waals surface area contributed by atoms with Crippen molar-refractivity contribution in [3.8, 4) is 0 Å². The van der Waals surface area contributed by atoms with Crippen LogP contribution in [0.1, 0.15) is 31.7 Å². The number of benzene rings is 1. The predicted molar refractivity (Wildman–Crippen MR) is 85.9 cm³/mol. The minimum atomic E-state index is -3.41. The Kier molecular flexibility index (Phi) is 4.54. The van der Waals surface area contributed by atoms with Crippen LogP contribution in [0.15, 0.2) is 30.3 Å². The normalized spacial score (nSPS) is 31.5. The van der Waals surface area contributed by atoms with Gasteiger partial charge in [-0.15, -0.1) is 0 Å². The second-order valence-corrected chi connectivity index (χ2v) is 8.03. The maximum Gasteiger partial charge on any atom is 0.282 e. The first-order valence-corrected chi connectivity index (χ1v) is 9.33. The van der Waals surface area contributed by atoms with E-state index in [1.54, 1.807) is 8.61 Å². The fraction of sp³-hybridized carbons (Fsp3) is 0.625. The van der Waals surface area contributed by atoms with Crippen molar-refractivity contribution in [3.05, 3.63) is 35.9 Å². The summed E-state index contributed by atoms with van der Waals surface area (Å²) in [6, 6.07) is 10.2. The van der Waals surface area contributed by atoms with Gasteiger partial charge in [0.1, 0.15) is 0 Å². The lowest BCUT2D eigenvalue weighted by Gasteiger charge is -2.34. The number of ether oxygens (including phenoxy) is 1. The monoisotopic (exact) mass is 324 g/mol. The molecule has 0 aliphatic carbocycles. The van der Waals surface area contributed by atoms with Crippen molar-refractivity contribution >= 4 is 10.2 Å². The SMILES string of the molecule is CC1CC(c2ccccc2)C(C)N1S(=O)(=O)N1CCOCC1. The van der Waals surface area contributed by atoms with E-state index in [-0.39, 0.29) is 18.0 Å². The lowest BCUT2D eigenvalue weighted by atomic mass is 9.92. The zero-order valence-corrected chi connectivity index (χ0v) is 14.0. The molecule has 0 N–H and O–H groups in total. The summed E-state index contributed by atoms with van der Waals surface area (Å²) < 4.78 is 34.5. The Balaban J connectivity index is 1.85. The molecule has 22 heavy (non-hydrogen) atoms. The number of morpholine rings is 1. The third kappa shape index (κ3) is 2.80. The molecule has 2 saturated heterocycles. The average Bonchev–Trinajstić information content (AvgIpc) is 2.84. The van der Waals surface area contributed by atoms with E-state index in [2.05, 4.69) is 12.1 Å². The van der Waals surface area contributed by atoms with Gasteiger partial charge in [-0.2, -0.15) is 17.0 Å². The third-order valence-electron chi connectivity index (χ3n) is 4.80. The summed E-state index contributed by atoms with van der Waals surface area (Å²) >= 11 is 0. The molecule has 1 aromatic rings. The number of rotatable bonds is 3. The maximum absolute atomic E-state index is 13.0. The van der Waals surface area contributed by atoms with Crippen molar-refractivity contribution in [2.75, 3.05) is 26.3 Å². The molecule has 6 heteroatoms. The first-order valence-electron chi connectivity index (χ1n) is 7.93. The minimum absolute atomic E-state index is 0.0213. The molecule has 0 radical (unpaired) electrons. The quantitative estimate of drug-likeness (QED) is 0.852. The smallest absolute Gasteiger partial charge is 0.282 e. The highest BCUT2D eigenvalue weighted by Crippen LogP contribution is 2.39. The van der Waals surface area contributed by atoms with E-state index < -0.39 is 10.2 Å². The Hall–Kier alpha value is -0.950. The largest absolute Gasteiger partial charge is 0.379 e. The van der Waals surface area contributed by atoms with Crippen LogP contribution in [0, 0.1) is 0 Å². The molecule has 2 heterocycles. The van der Waals surface area contributed by atoms with Crippen LogP contribution in [0.25, 0.3) is 0 Å². The summed E-state index contributed by atoms with van der Waals surface area (Å²) in [4.78, 5) is 0. The second kappa shape index (κ2) is 6.28. The van der Waals surface area contributed by atoms with E-state index >= 15 is 0 Å². The van der Waals surface area contributed by atoms with Gasteiger partial charge in [-0.1, -0.05) is 30.3 Å². The summed E-state index contributed by atoms with van der Waals surface area (Å²) in [6.45, 7) is 5.91. The van der Waals surface area contributed by atoms with Gasteiger partial charge in [0.25, 0.3) is 10.2 Å². The minimum Gasteiger partial charge on any atom is -0.379 e. The maximum atomic E-state index is 13.0. The molecule has 0 saturated carbocycles. The molecule has 122 valence electrons.